The molecule has 1 heterocycles. The summed E-state index contributed by atoms with van der Waals surface area (Å²) in [5.41, 5.74) is 0.389. The number of fused-ring (bicyclic) bond motifs is 1. The third-order valence-corrected chi connectivity index (χ3v) is 5.92. The van der Waals surface area contributed by atoms with Crippen molar-refractivity contribution >= 4 is 23.7 Å². The van der Waals surface area contributed by atoms with Gasteiger partial charge in [-0.2, -0.15) is 0 Å². The molecule has 4 rings (SSSR count). The summed E-state index contributed by atoms with van der Waals surface area (Å²) in [5.74, 6) is 0.0534. The SMILES string of the molecule is COCCOc1cccc2c1C(=O)[C@@](c1ccc(Cl)cc1)([C@H](CC=O)c1ccccc1)O2. The van der Waals surface area contributed by atoms with Gasteiger partial charge in [0.05, 0.1) is 6.61 Å². The van der Waals surface area contributed by atoms with E-state index in [0.717, 1.165) is 11.8 Å². The molecule has 2 atom stereocenters. The number of benzene rings is 3. The van der Waals surface area contributed by atoms with Crippen molar-refractivity contribution in [1.82, 2.24) is 0 Å². The highest BCUT2D eigenvalue weighted by Gasteiger charge is 2.56. The molecule has 5 nitrogen and oxygen atoms in total. The Hall–Kier alpha value is -3.15. The minimum Gasteiger partial charge on any atom is -0.490 e. The Morgan fingerprint density at radius 3 is 2.44 bits per heavy atom. The molecule has 0 unspecified atom stereocenters. The fraction of sp³-hybridized carbons (Fsp3) is 0.231. The standard InChI is InChI=1S/C26H23ClO5/c1-30-16-17-31-22-8-5-9-23-24(22)25(29)26(32-23,19-10-12-20(27)13-11-19)21(14-15-28)18-6-3-2-4-7-18/h2-13,15,21H,14,16-17H2,1H3/t21-,26-/m1/s1. The third kappa shape index (κ3) is 3.90. The van der Waals surface area contributed by atoms with E-state index < -0.39 is 11.5 Å². The summed E-state index contributed by atoms with van der Waals surface area (Å²) in [5, 5.41) is 0.544. The lowest BCUT2D eigenvalue weighted by molar-refractivity contribution is -0.109. The van der Waals surface area contributed by atoms with Gasteiger partial charge in [-0.3, -0.25) is 4.79 Å². The van der Waals surface area contributed by atoms with Gasteiger partial charge in [0, 0.05) is 30.0 Å². The Bertz CT molecular complexity index is 1100. The molecule has 0 radical (unpaired) electrons. The van der Waals surface area contributed by atoms with Crippen molar-refractivity contribution in [3.05, 3.63) is 94.5 Å². The lowest BCUT2D eigenvalue weighted by atomic mass is 9.72. The second-order valence-corrected chi connectivity index (χ2v) is 7.95. The van der Waals surface area contributed by atoms with Gasteiger partial charge in [0.1, 0.15) is 30.0 Å². The first-order valence-corrected chi connectivity index (χ1v) is 10.7. The van der Waals surface area contributed by atoms with Gasteiger partial charge in [-0.05, 0) is 29.8 Å². The van der Waals surface area contributed by atoms with Crippen LogP contribution in [0.3, 0.4) is 0 Å². The van der Waals surface area contributed by atoms with Gasteiger partial charge in [0.2, 0.25) is 11.4 Å². The fourth-order valence-electron chi connectivity index (χ4n) is 4.22. The molecule has 1 aliphatic rings. The molecule has 32 heavy (non-hydrogen) atoms. The Balaban J connectivity index is 1.89. The maximum absolute atomic E-state index is 14.2. The number of carbonyl (C=O) groups excluding carboxylic acids is 2. The van der Waals surface area contributed by atoms with Crippen LogP contribution in [-0.4, -0.2) is 32.4 Å². The molecule has 0 N–H and O–H groups in total. The van der Waals surface area contributed by atoms with Crippen LogP contribution in [0.5, 0.6) is 11.5 Å². The van der Waals surface area contributed by atoms with Crippen LogP contribution in [0.2, 0.25) is 5.02 Å². The van der Waals surface area contributed by atoms with Gasteiger partial charge in [0.15, 0.2) is 0 Å². The number of hydrogen-bond donors (Lipinski definition) is 0. The lowest BCUT2D eigenvalue weighted by Crippen LogP contribution is -2.43. The van der Waals surface area contributed by atoms with E-state index in [9.17, 15) is 9.59 Å². The van der Waals surface area contributed by atoms with E-state index in [1.54, 1.807) is 49.6 Å². The Labute approximate surface area is 191 Å². The molecule has 6 heteroatoms. The first-order valence-electron chi connectivity index (χ1n) is 10.3. The Morgan fingerprint density at radius 1 is 1.00 bits per heavy atom. The van der Waals surface area contributed by atoms with E-state index in [2.05, 4.69) is 0 Å². The lowest BCUT2D eigenvalue weighted by Gasteiger charge is -2.35. The van der Waals surface area contributed by atoms with Crippen molar-refractivity contribution in [3.63, 3.8) is 0 Å². The number of ketones is 1. The molecule has 0 aromatic heterocycles. The number of carbonyl (C=O) groups is 2. The molecular formula is C26H23ClO5. The van der Waals surface area contributed by atoms with Gasteiger partial charge < -0.3 is 19.0 Å². The minimum absolute atomic E-state index is 0.103. The number of halogens is 1. The fourth-order valence-corrected chi connectivity index (χ4v) is 4.34. The second-order valence-electron chi connectivity index (χ2n) is 7.51. The van der Waals surface area contributed by atoms with E-state index in [1.165, 1.54) is 0 Å². The molecule has 3 aromatic carbocycles. The average Bonchev–Trinajstić information content (AvgIpc) is 3.12. The highest BCUT2D eigenvalue weighted by molar-refractivity contribution is 6.30. The van der Waals surface area contributed by atoms with Gasteiger partial charge >= 0.3 is 0 Å². The summed E-state index contributed by atoms with van der Waals surface area (Å²) in [6.07, 6.45) is 0.928. The number of methoxy groups -OCH3 is 1. The number of Topliss-reactive ketones (excluding diaryl/α,β-unsaturated/α-hetero) is 1. The summed E-state index contributed by atoms with van der Waals surface area (Å²) in [4.78, 5) is 25.9. The summed E-state index contributed by atoms with van der Waals surface area (Å²) in [6, 6.07) is 21.7. The predicted molar refractivity (Wildman–Crippen MR) is 122 cm³/mol. The van der Waals surface area contributed by atoms with Crippen LogP contribution in [0.25, 0.3) is 0 Å². The maximum atomic E-state index is 14.2. The number of ether oxygens (including phenoxy) is 3. The van der Waals surface area contributed by atoms with Crippen LogP contribution in [0.1, 0.15) is 33.8 Å². The van der Waals surface area contributed by atoms with E-state index >= 15 is 0 Å². The van der Waals surface area contributed by atoms with Crippen LogP contribution < -0.4 is 9.47 Å². The molecule has 0 saturated heterocycles. The Morgan fingerprint density at radius 2 is 1.75 bits per heavy atom. The number of hydrogen-bond acceptors (Lipinski definition) is 5. The highest BCUT2D eigenvalue weighted by atomic mass is 35.5. The third-order valence-electron chi connectivity index (χ3n) is 5.67. The molecule has 0 saturated carbocycles. The second kappa shape index (κ2) is 9.55. The minimum atomic E-state index is -1.43. The van der Waals surface area contributed by atoms with Crippen molar-refractivity contribution in [1.29, 1.82) is 0 Å². The Kier molecular flexibility index (Phi) is 6.58. The average molecular weight is 451 g/mol. The van der Waals surface area contributed by atoms with Crippen LogP contribution in [0.4, 0.5) is 0 Å². The summed E-state index contributed by atoms with van der Waals surface area (Å²) >= 11 is 6.13. The molecular weight excluding hydrogens is 428 g/mol. The number of aldehydes is 1. The molecule has 1 aliphatic heterocycles. The van der Waals surface area contributed by atoms with E-state index in [0.29, 0.717) is 40.9 Å². The van der Waals surface area contributed by atoms with Crippen LogP contribution >= 0.6 is 11.6 Å². The number of rotatable bonds is 9. The molecule has 164 valence electrons. The zero-order valence-electron chi connectivity index (χ0n) is 17.6. The topological polar surface area (TPSA) is 61.8 Å². The first kappa shape index (κ1) is 22.1. The monoisotopic (exact) mass is 450 g/mol. The summed E-state index contributed by atoms with van der Waals surface area (Å²) in [6.45, 7) is 0.684. The zero-order chi connectivity index (χ0) is 22.6. The molecule has 0 bridgehead atoms. The quantitative estimate of drug-likeness (QED) is 0.331. The molecule has 0 amide bonds. The smallest absolute Gasteiger partial charge is 0.219 e. The highest BCUT2D eigenvalue weighted by Crippen LogP contribution is 2.52. The maximum Gasteiger partial charge on any atom is 0.219 e. The molecule has 0 spiro atoms. The van der Waals surface area contributed by atoms with E-state index in [4.69, 9.17) is 25.8 Å². The first-order chi connectivity index (χ1) is 15.6. The van der Waals surface area contributed by atoms with Crippen molar-refractivity contribution in [2.75, 3.05) is 20.3 Å². The molecule has 0 fully saturated rings. The molecule has 3 aromatic rings. The molecule has 0 aliphatic carbocycles. The zero-order valence-corrected chi connectivity index (χ0v) is 18.4. The van der Waals surface area contributed by atoms with E-state index in [-0.39, 0.29) is 12.2 Å². The van der Waals surface area contributed by atoms with Gasteiger partial charge in [-0.15, -0.1) is 0 Å². The summed E-state index contributed by atoms with van der Waals surface area (Å²) < 4.78 is 17.4. The van der Waals surface area contributed by atoms with Crippen LogP contribution in [0.15, 0.2) is 72.8 Å². The van der Waals surface area contributed by atoms with Crippen molar-refractivity contribution < 1.29 is 23.8 Å². The predicted octanol–water partition coefficient (Wildman–Crippen LogP) is 5.21. The normalized spacial score (nSPS) is 18.0. The van der Waals surface area contributed by atoms with Gasteiger partial charge in [0.25, 0.3) is 0 Å². The van der Waals surface area contributed by atoms with Gasteiger partial charge in [-0.25, -0.2) is 0 Å². The van der Waals surface area contributed by atoms with E-state index in [1.807, 2.05) is 30.3 Å². The van der Waals surface area contributed by atoms with Crippen molar-refractivity contribution in [3.8, 4) is 11.5 Å². The van der Waals surface area contributed by atoms with Crippen molar-refractivity contribution in [2.24, 2.45) is 0 Å². The van der Waals surface area contributed by atoms with Crippen LogP contribution in [0, 0.1) is 0 Å². The van der Waals surface area contributed by atoms with Gasteiger partial charge in [-0.1, -0.05) is 60.1 Å². The largest absolute Gasteiger partial charge is 0.490 e. The van der Waals surface area contributed by atoms with Crippen molar-refractivity contribution in [2.45, 2.75) is 17.9 Å². The van der Waals surface area contributed by atoms with Crippen LogP contribution in [-0.2, 0) is 15.1 Å². The summed E-state index contributed by atoms with van der Waals surface area (Å²) in [7, 11) is 1.59.